The molecule has 122 valence electrons. The fourth-order valence-electron chi connectivity index (χ4n) is 2.60. The Morgan fingerprint density at radius 3 is 2.32 bits per heavy atom. The highest BCUT2D eigenvalue weighted by Crippen LogP contribution is 2.36. The third-order valence-corrected chi connectivity index (χ3v) is 6.33. The first-order chi connectivity index (χ1) is 10.3. The van der Waals surface area contributed by atoms with Crippen LogP contribution < -0.4 is 4.90 Å². The summed E-state index contributed by atoms with van der Waals surface area (Å²) in [4.78, 5) is 5.34. The van der Waals surface area contributed by atoms with E-state index in [0.717, 1.165) is 6.07 Å². The third-order valence-electron chi connectivity index (χ3n) is 3.94. The maximum Gasteiger partial charge on any atom is 0.419 e. The second kappa shape index (κ2) is 5.38. The summed E-state index contributed by atoms with van der Waals surface area (Å²) < 4.78 is 64.7. The Bertz CT molecular complexity index is 651. The third kappa shape index (κ3) is 2.91. The van der Waals surface area contributed by atoms with Gasteiger partial charge in [-0.2, -0.15) is 17.5 Å². The van der Waals surface area contributed by atoms with Gasteiger partial charge in [-0.05, 0) is 25.0 Å². The fourth-order valence-corrected chi connectivity index (χ4v) is 4.43. The van der Waals surface area contributed by atoms with Crippen LogP contribution in [0.2, 0.25) is 0 Å². The molecule has 1 saturated heterocycles. The van der Waals surface area contributed by atoms with E-state index < -0.39 is 21.8 Å². The summed E-state index contributed by atoms with van der Waals surface area (Å²) in [6.07, 6.45) is -1.79. The van der Waals surface area contributed by atoms with Crippen LogP contribution in [0.5, 0.6) is 0 Å². The Hall–Kier alpha value is -1.35. The van der Waals surface area contributed by atoms with Crippen LogP contribution in [0.4, 0.5) is 19.0 Å². The van der Waals surface area contributed by atoms with Crippen molar-refractivity contribution in [2.45, 2.75) is 24.3 Å². The second-order valence-electron chi connectivity index (χ2n) is 5.50. The molecule has 2 fully saturated rings. The van der Waals surface area contributed by atoms with Gasteiger partial charge in [0.2, 0.25) is 10.0 Å². The number of rotatable bonds is 3. The van der Waals surface area contributed by atoms with Crippen molar-refractivity contribution in [2.75, 3.05) is 31.1 Å². The van der Waals surface area contributed by atoms with Crippen molar-refractivity contribution in [3.8, 4) is 0 Å². The molecule has 9 heteroatoms. The van der Waals surface area contributed by atoms with Gasteiger partial charge < -0.3 is 4.90 Å². The fraction of sp³-hybridized carbons (Fsp3) is 0.615. The van der Waals surface area contributed by atoms with E-state index in [4.69, 9.17) is 0 Å². The first-order valence-corrected chi connectivity index (χ1v) is 8.56. The summed E-state index contributed by atoms with van der Waals surface area (Å²) >= 11 is 0. The number of piperazine rings is 1. The zero-order chi connectivity index (χ0) is 16.0. The molecule has 1 aliphatic heterocycles. The standard InChI is InChI=1S/C13H16F3N3O2S/c14-13(15,16)11-2-1-5-17-12(11)18-6-8-19(9-7-18)22(20,21)10-3-4-10/h1-2,5,10H,3-4,6-9H2. The van der Waals surface area contributed by atoms with Gasteiger partial charge in [0.25, 0.3) is 0 Å². The number of hydrogen-bond acceptors (Lipinski definition) is 4. The average molecular weight is 335 g/mol. The molecule has 2 aliphatic rings. The summed E-state index contributed by atoms with van der Waals surface area (Å²) in [6, 6.07) is 2.25. The van der Waals surface area contributed by atoms with Crippen LogP contribution in [-0.4, -0.2) is 49.1 Å². The number of pyridine rings is 1. The molecule has 1 aromatic rings. The average Bonchev–Trinajstić information content (AvgIpc) is 3.31. The lowest BCUT2D eigenvalue weighted by Gasteiger charge is -2.35. The van der Waals surface area contributed by atoms with Gasteiger partial charge in [0.15, 0.2) is 0 Å². The molecule has 1 aliphatic carbocycles. The van der Waals surface area contributed by atoms with Crippen LogP contribution in [-0.2, 0) is 16.2 Å². The van der Waals surface area contributed by atoms with Gasteiger partial charge in [-0.15, -0.1) is 0 Å². The topological polar surface area (TPSA) is 53.5 Å². The van der Waals surface area contributed by atoms with E-state index in [1.807, 2.05) is 0 Å². The van der Waals surface area contributed by atoms with Crippen LogP contribution in [0.15, 0.2) is 18.3 Å². The first kappa shape index (κ1) is 15.5. The van der Waals surface area contributed by atoms with Crippen molar-refractivity contribution in [2.24, 2.45) is 0 Å². The number of alkyl halides is 3. The van der Waals surface area contributed by atoms with E-state index in [1.54, 1.807) is 0 Å². The molecule has 0 unspecified atom stereocenters. The number of nitrogens with zero attached hydrogens (tertiary/aromatic N) is 3. The van der Waals surface area contributed by atoms with Gasteiger partial charge in [0.05, 0.1) is 10.8 Å². The van der Waals surface area contributed by atoms with Gasteiger partial charge in [-0.1, -0.05) is 0 Å². The molecule has 0 radical (unpaired) electrons. The van der Waals surface area contributed by atoms with E-state index in [-0.39, 0.29) is 37.2 Å². The minimum atomic E-state index is -4.47. The van der Waals surface area contributed by atoms with E-state index in [1.165, 1.54) is 21.5 Å². The van der Waals surface area contributed by atoms with Crippen molar-refractivity contribution in [1.29, 1.82) is 0 Å². The van der Waals surface area contributed by atoms with E-state index in [0.29, 0.717) is 12.8 Å². The quantitative estimate of drug-likeness (QED) is 0.844. The number of sulfonamides is 1. The summed E-state index contributed by atoms with van der Waals surface area (Å²) in [5, 5.41) is -0.292. The molecule has 1 saturated carbocycles. The lowest BCUT2D eigenvalue weighted by molar-refractivity contribution is -0.137. The van der Waals surface area contributed by atoms with Gasteiger partial charge in [0, 0.05) is 32.4 Å². The van der Waals surface area contributed by atoms with Crippen LogP contribution >= 0.6 is 0 Å². The van der Waals surface area contributed by atoms with Crippen LogP contribution in [0.3, 0.4) is 0 Å². The van der Waals surface area contributed by atoms with E-state index in [9.17, 15) is 21.6 Å². The highest BCUT2D eigenvalue weighted by Gasteiger charge is 2.42. The first-order valence-electron chi connectivity index (χ1n) is 7.06. The molecule has 0 N–H and O–H groups in total. The van der Waals surface area contributed by atoms with E-state index >= 15 is 0 Å². The van der Waals surface area contributed by atoms with Gasteiger partial charge in [-0.3, -0.25) is 0 Å². The predicted octanol–water partition coefficient (Wildman–Crippen LogP) is 1.71. The SMILES string of the molecule is O=S(=O)(C1CC1)N1CCN(c2ncccc2C(F)(F)F)CC1. The predicted molar refractivity (Wildman–Crippen MR) is 75.0 cm³/mol. The van der Waals surface area contributed by atoms with Crippen molar-refractivity contribution in [3.63, 3.8) is 0 Å². The van der Waals surface area contributed by atoms with Crippen LogP contribution in [0.1, 0.15) is 18.4 Å². The molecule has 1 aromatic heterocycles. The summed E-state index contributed by atoms with van der Waals surface area (Å²) in [7, 11) is -3.27. The molecule has 5 nitrogen and oxygen atoms in total. The van der Waals surface area contributed by atoms with Gasteiger partial charge in [-0.25, -0.2) is 13.4 Å². The molecule has 22 heavy (non-hydrogen) atoms. The molecule has 0 aromatic carbocycles. The monoisotopic (exact) mass is 335 g/mol. The molecule has 0 atom stereocenters. The largest absolute Gasteiger partial charge is 0.419 e. The Morgan fingerprint density at radius 2 is 1.77 bits per heavy atom. The zero-order valence-corrected chi connectivity index (χ0v) is 12.6. The van der Waals surface area contributed by atoms with Gasteiger partial charge in [0.1, 0.15) is 5.82 Å². The molecule has 0 bridgehead atoms. The molecule has 2 heterocycles. The maximum atomic E-state index is 13.0. The Kier molecular flexibility index (Phi) is 3.80. The highest BCUT2D eigenvalue weighted by molar-refractivity contribution is 7.90. The normalized spacial score (nSPS) is 21.1. The van der Waals surface area contributed by atoms with Crippen LogP contribution in [0, 0.1) is 0 Å². The molecular formula is C13H16F3N3O2S. The summed E-state index contributed by atoms with van der Waals surface area (Å²) in [5.74, 6) is -0.126. The Labute approximate surface area is 126 Å². The van der Waals surface area contributed by atoms with E-state index in [2.05, 4.69) is 4.98 Å². The summed E-state index contributed by atoms with van der Waals surface area (Å²) in [5.41, 5.74) is -0.784. The summed E-state index contributed by atoms with van der Waals surface area (Å²) in [6.45, 7) is 0.831. The van der Waals surface area contributed by atoms with Crippen molar-refractivity contribution >= 4 is 15.8 Å². The molecule has 3 rings (SSSR count). The lowest BCUT2D eigenvalue weighted by atomic mass is 10.2. The molecular weight excluding hydrogens is 319 g/mol. The maximum absolute atomic E-state index is 13.0. The molecule has 0 spiro atoms. The Morgan fingerprint density at radius 1 is 1.14 bits per heavy atom. The number of hydrogen-bond donors (Lipinski definition) is 0. The second-order valence-corrected chi connectivity index (χ2v) is 7.72. The van der Waals surface area contributed by atoms with Crippen molar-refractivity contribution < 1.29 is 21.6 Å². The number of aromatic nitrogens is 1. The van der Waals surface area contributed by atoms with Gasteiger partial charge >= 0.3 is 6.18 Å². The zero-order valence-electron chi connectivity index (χ0n) is 11.8. The van der Waals surface area contributed by atoms with Crippen LogP contribution in [0.25, 0.3) is 0 Å². The molecule has 0 amide bonds. The number of anilines is 1. The smallest absolute Gasteiger partial charge is 0.353 e. The minimum Gasteiger partial charge on any atom is -0.353 e. The lowest BCUT2D eigenvalue weighted by Crippen LogP contribution is -2.50. The highest BCUT2D eigenvalue weighted by atomic mass is 32.2. The number of halogens is 3. The Balaban J connectivity index is 1.75. The van der Waals surface area contributed by atoms with Crippen molar-refractivity contribution in [3.05, 3.63) is 23.9 Å². The minimum absolute atomic E-state index is 0.126. The van der Waals surface area contributed by atoms with Crippen molar-refractivity contribution in [1.82, 2.24) is 9.29 Å².